The summed E-state index contributed by atoms with van der Waals surface area (Å²) in [6, 6.07) is 0. The minimum absolute atomic E-state index is 0. The largest absolute Gasteiger partial charge is 3.00 e. The molecule has 0 aromatic rings. The zero-order chi connectivity index (χ0) is 44.7. The van der Waals surface area contributed by atoms with Crippen molar-refractivity contribution >= 4 is 35.3 Å². The van der Waals surface area contributed by atoms with Crippen LogP contribution >= 0.6 is 0 Å². The van der Waals surface area contributed by atoms with Gasteiger partial charge in [-0.2, -0.15) is 19.3 Å². The van der Waals surface area contributed by atoms with Crippen LogP contribution in [0.25, 0.3) is 0 Å². The number of aliphatic carboxylic acids is 3. The molecular weight excluding hydrogens is 1050 g/mol. The third-order valence-electron chi connectivity index (χ3n) is 11.6. The first-order chi connectivity index (χ1) is 29.3. The summed E-state index contributed by atoms with van der Waals surface area (Å²) in [6.45, 7) is 6.80. The minimum Gasteiger partial charge on any atom is -0.584 e. The molecule has 0 aromatic carbocycles. The van der Waals surface area contributed by atoms with Gasteiger partial charge in [0.05, 0.1) is 0 Å². The van der Waals surface area contributed by atoms with Crippen LogP contribution in [0.2, 0.25) is 0 Å². The fraction of sp³-hybridized carbons (Fsp3) is 0.889. The summed E-state index contributed by atoms with van der Waals surface area (Å²) >= 11 is 0. The van der Waals surface area contributed by atoms with Gasteiger partial charge in [-0.15, -0.1) is 0 Å². The van der Waals surface area contributed by atoms with Gasteiger partial charge in [0.15, 0.2) is 0 Å². The van der Waals surface area contributed by atoms with E-state index in [0.717, 1.165) is 38.5 Å². The van der Waals surface area contributed by atoms with E-state index in [2.05, 4.69) is 20.8 Å². The number of hydrogen-bond acceptors (Lipinski definition) is 6. The Morgan fingerprint density at radius 1 is 0.250 bits per heavy atom. The molecule has 0 aromatic heterocycles. The number of rotatable bonds is 48. The first kappa shape index (κ1) is 78.9. The second-order valence-corrected chi connectivity index (χ2v) is 17.7. The quantitative estimate of drug-likeness (QED) is 0.0340. The zero-order valence-electron chi connectivity index (χ0n) is 42.4. The van der Waals surface area contributed by atoms with Gasteiger partial charge < -0.3 is 49.0 Å². The Morgan fingerprint density at radius 3 is 0.469 bits per heavy atom. The van der Waals surface area contributed by atoms with Gasteiger partial charge in [-0.3, -0.25) is 0 Å². The van der Waals surface area contributed by atoms with Crippen molar-refractivity contribution in [1.82, 2.24) is 0 Å². The Labute approximate surface area is 457 Å². The van der Waals surface area contributed by atoms with Crippen molar-refractivity contribution < 1.29 is 96.8 Å². The van der Waals surface area contributed by atoms with Gasteiger partial charge in [-0.1, -0.05) is 308 Å². The van der Waals surface area contributed by atoms with Gasteiger partial charge in [0.1, 0.15) is 0 Å². The van der Waals surface area contributed by atoms with Crippen LogP contribution in [0, 0.1) is 19.3 Å². The first-order valence-corrected chi connectivity index (χ1v) is 26.4. The maximum Gasteiger partial charge on any atom is 3.00 e. The van der Waals surface area contributed by atoms with E-state index in [0.29, 0.717) is 19.3 Å². The van der Waals surface area contributed by atoms with Crippen molar-refractivity contribution in [2.75, 3.05) is 0 Å². The van der Waals surface area contributed by atoms with E-state index in [-0.39, 0.29) is 84.5 Å². The molecule has 0 heterocycles. The first-order valence-electron chi connectivity index (χ1n) is 26.4. The Kier molecular flexibility index (Phi) is 92.8. The molecular formula is C54H102AlNb3O6-3. The van der Waals surface area contributed by atoms with Crippen molar-refractivity contribution in [2.24, 2.45) is 0 Å². The number of unbranched alkanes of at least 4 members (excludes halogenated alkanes) is 42. The van der Waals surface area contributed by atoms with Crippen LogP contribution in [-0.4, -0.2) is 35.3 Å². The average Bonchev–Trinajstić information content (AvgIpc) is 3.22. The summed E-state index contributed by atoms with van der Waals surface area (Å²) in [4.78, 5) is 30.5. The van der Waals surface area contributed by atoms with E-state index < -0.39 is 17.9 Å². The summed E-state index contributed by atoms with van der Waals surface area (Å²) in [5.74, 6) is -3.08. The van der Waals surface area contributed by atoms with E-state index in [9.17, 15) is 29.7 Å². The standard InChI is InChI=1S/3C18H35O2.Al.3Nb/c3*1-2-3-4-5-6-7-8-9-10-11-12-13-14-15-16-17-18(19)20;;;;/h3*17H,2-16H2,1H3,(H,19,20);;;;/q3*-1;+3;;;/p-3. The molecule has 10 heteroatoms. The maximum absolute atomic E-state index is 10.2. The summed E-state index contributed by atoms with van der Waals surface area (Å²) < 4.78 is 0. The van der Waals surface area contributed by atoms with Crippen molar-refractivity contribution in [3.8, 4) is 0 Å². The number of carboxylic acids is 3. The molecule has 0 aliphatic carbocycles. The van der Waals surface area contributed by atoms with E-state index in [4.69, 9.17) is 0 Å². The van der Waals surface area contributed by atoms with Gasteiger partial charge in [0.25, 0.3) is 0 Å². The molecule has 0 saturated carbocycles. The van der Waals surface area contributed by atoms with E-state index in [1.54, 1.807) is 0 Å². The van der Waals surface area contributed by atoms with Gasteiger partial charge in [-0.05, 0) is 0 Å². The van der Waals surface area contributed by atoms with Crippen molar-refractivity contribution in [3.63, 3.8) is 0 Å². The molecule has 6 nitrogen and oxygen atoms in total. The average molecular weight is 1150 g/mol. The molecule has 64 heavy (non-hydrogen) atoms. The van der Waals surface area contributed by atoms with Gasteiger partial charge in [0.2, 0.25) is 0 Å². The predicted molar refractivity (Wildman–Crippen MR) is 258 cm³/mol. The second-order valence-electron chi connectivity index (χ2n) is 17.7. The van der Waals surface area contributed by atoms with Crippen molar-refractivity contribution in [3.05, 3.63) is 19.3 Å². The summed E-state index contributed by atoms with van der Waals surface area (Å²) in [6.07, 6.45) is 61.8. The maximum atomic E-state index is 10.2. The van der Waals surface area contributed by atoms with Gasteiger partial charge in [-0.25, -0.2) is 0 Å². The molecule has 0 unspecified atom stereocenters. The third kappa shape index (κ3) is 89.4. The molecule has 0 aliphatic heterocycles. The van der Waals surface area contributed by atoms with Crippen LogP contribution in [-0.2, 0) is 81.5 Å². The van der Waals surface area contributed by atoms with Crippen LogP contribution in [0.1, 0.15) is 310 Å². The molecule has 0 N–H and O–H groups in total. The molecule has 0 bridgehead atoms. The molecule has 0 aliphatic rings. The molecule has 0 amide bonds. The zero-order valence-corrected chi connectivity index (χ0v) is 50.2. The molecule has 0 fully saturated rings. The van der Waals surface area contributed by atoms with E-state index in [1.807, 2.05) is 0 Å². The van der Waals surface area contributed by atoms with Crippen LogP contribution in [0.4, 0.5) is 0 Å². The summed E-state index contributed by atoms with van der Waals surface area (Å²) in [5, 5.41) is 30.5. The number of carbonyl (C=O) groups is 3. The Hall–Kier alpha value is 0.773. The predicted octanol–water partition coefficient (Wildman–Crippen LogP) is 14.0. The monoisotopic (exact) mass is 1150 g/mol. The Balaban J connectivity index is -0.000000148. The number of carbonyl (C=O) groups excluding carboxylic acids is 3. The number of carboxylic acid groups (broad SMARTS) is 3. The van der Waals surface area contributed by atoms with E-state index in [1.165, 1.54) is 250 Å². The molecule has 0 rings (SSSR count). The fourth-order valence-electron chi connectivity index (χ4n) is 7.68. The summed E-state index contributed by atoms with van der Waals surface area (Å²) in [5.41, 5.74) is 0. The fourth-order valence-corrected chi connectivity index (χ4v) is 7.68. The van der Waals surface area contributed by atoms with Crippen LogP contribution in [0.5, 0.6) is 0 Å². The summed E-state index contributed by atoms with van der Waals surface area (Å²) in [7, 11) is 0. The van der Waals surface area contributed by atoms with Crippen LogP contribution in [0.15, 0.2) is 0 Å². The third-order valence-corrected chi connectivity index (χ3v) is 11.6. The van der Waals surface area contributed by atoms with Crippen molar-refractivity contribution in [2.45, 2.75) is 310 Å². The number of hydrogen-bond donors (Lipinski definition) is 0. The molecule has 0 saturated heterocycles. The van der Waals surface area contributed by atoms with Crippen LogP contribution < -0.4 is 15.3 Å². The van der Waals surface area contributed by atoms with Gasteiger partial charge in [0, 0.05) is 67.1 Å². The van der Waals surface area contributed by atoms with Gasteiger partial charge >= 0.3 is 17.4 Å². The molecule has 3 radical (unpaired) electrons. The topological polar surface area (TPSA) is 120 Å². The molecule has 0 atom stereocenters. The smallest absolute Gasteiger partial charge is 0.584 e. The molecule has 375 valence electrons. The SMILES string of the molecule is CCCCCCCCCCCCCCCC[CH-]C(=O)[O-].CCCCCCCCCCCCCCCC[CH-]C(=O)[O-].CCCCCCCCCCCCCCCC[CH-]C(=O)[O-].[Al+3].[Nb].[Nb].[Nb]. The Morgan fingerprint density at radius 2 is 0.359 bits per heavy atom. The molecule has 0 spiro atoms. The second kappa shape index (κ2) is 75.3. The normalized spacial score (nSPS) is 9.98. The Bertz CT molecular complexity index is 734. The van der Waals surface area contributed by atoms with E-state index >= 15 is 0 Å². The van der Waals surface area contributed by atoms with Crippen LogP contribution in [0.3, 0.4) is 0 Å². The minimum atomic E-state index is -1.03. The van der Waals surface area contributed by atoms with Crippen molar-refractivity contribution in [1.29, 1.82) is 0 Å².